The second-order valence-corrected chi connectivity index (χ2v) is 5.95. The molecular weight excluding hydrogens is 338 g/mol. The molecule has 0 spiro atoms. The molecular formula is C18H23N3O3S. The Morgan fingerprint density at radius 1 is 1.12 bits per heavy atom. The van der Waals surface area contributed by atoms with Crippen molar-refractivity contribution in [1.82, 2.24) is 10.6 Å². The van der Waals surface area contributed by atoms with E-state index in [1.165, 1.54) is 6.08 Å². The van der Waals surface area contributed by atoms with Crippen LogP contribution in [-0.2, 0) is 9.59 Å². The van der Waals surface area contributed by atoms with Crippen LogP contribution in [0.4, 0.5) is 5.69 Å². The maximum absolute atomic E-state index is 12.0. The zero-order valence-corrected chi connectivity index (χ0v) is 15.5. The fourth-order valence-corrected chi connectivity index (χ4v) is 2.71. The number of hydrogen-bond acceptors (Lipinski definition) is 5. The molecule has 7 heteroatoms. The molecule has 0 atom stereocenters. The quantitative estimate of drug-likeness (QED) is 0.443. The zero-order chi connectivity index (χ0) is 18.4. The number of carbonyl (C=O) groups excluding carboxylic acids is 2. The first-order valence-corrected chi connectivity index (χ1v) is 8.81. The number of hydrogen-bond donors (Lipinski definition) is 2. The first-order chi connectivity index (χ1) is 12.0. The van der Waals surface area contributed by atoms with Crippen LogP contribution in [0.15, 0.2) is 23.8 Å². The number of rotatable bonds is 7. The molecule has 134 valence electrons. The Morgan fingerprint density at radius 2 is 1.76 bits per heavy atom. The summed E-state index contributed by atoms with van der Waals surface area (Å²) in [5.41, 5.74) is 1.72. The first kappa shape index (κ1) is 18.9. The molecule has 6 nitrogen and oxygen atoms in total. The van der Waals surface area contributed by atoms with E-state index >= 15 is 0 Å². The third-order valence-electron chi connectivity index (χ3n) is 3.83. The van der Waals surface area contributed by atoms with Gasteiger partial charge in [0.1, 0.15) is 11.3 Å². The van der Waals surface area contributed by atoms with Crippen molar-refractivity contribution in [1.29, 1.82) is 0 Å². The van der Waals surface area contributed by atoms with E-state index in [-0.39, 0.29) is 10.7 Å². The Balaban J connectivity index is 2.41. The molecule has 1 fully saturated rings. The van der Waals surface area contributed by atoms with Gasteiger partial charge in [0.15, 0.2) is 5.11 Å². The van der Waals surface area contributed by atoms with Crippen LogP contribution in [-0.4, -0.2) is 36.6 Å². The highest BCUT2D eigenvalue weighted by molar-refractivity contribution is 7.80. The van der Waals surface area contributed by atoms with E-state index in [9.17, 15) is 9.59 Å². The highest BCUT2D eigenvalue weighted by Gasteiger charge is 2.26. The lowest BCUT2D eigenvalue weighted by atomic mass is 10.1. The van der Waals surface area contributed by atoms with Crippen molar-refractivity contribution >= 4 is 40.9 Å². The van der Waals surface area contributed by atoms with Gasteiger partial charge in [0.05, 0.1) is 6.61 Å². The molecule has 0 saturated carbocycles. The van der Waals surface area contributed by atoms with Crippen LogP contribution in [0, 0.1) is 0 Å². The average molecular weight is 361 g/mol. The van der Waals surface area contributed by atoms with Gasteiger partial charge in [-0.1, -0.05) is 6.92 Å². The molecule has 0 bridgehead atoms. The summed E-state index contributed by atoms with van der Waals surface area (Å²) in [6, 6.07) is 5.76. The van der Waals surface area contributed by atoms with Gasteiger partial charge >= 0.3 is 0 Å². The lowest BCUT2D eigenvalue weighted by Crippen LogP contribution is -2.51. The Labute approximate surface area is 153 Å². The topological polar surface area (TPSA) is 70.7 Å². The van der Waals surface area contributed by atoms with Crippen LogP contribution >= 0.6 is 12.2 Å². The Morgan fingerprint density at radius 3 is 2.32 bits per heavy atom. The van der Waals surface area contributed by atoms with E-state index in [4.69, 9.17) is 17.0 Å². The largest absolute Gasteiger partial charge is 0.493 e. The lowest BCUT2D eigenvalue weighted by Gasteiger charge is -2.22. The van der Waals surface area contributed by atoms with Crippen molar-refractivity contribution < 1.29 is 14.3 Å². The normalized spacial score (nSPS) is 14.0. The molecule has 2 amide bonds. The SMILES string of the molecule is CCCOc1cc(N(CC)CC)ccc1C=C1C(=O)NC(=S)NC1=O. The van der Waals surface area contributed by atoms with E-state index in [0.29, 0.717) is 17.9 Å². The smallest absolute Gasteiger partial charge is 0.263 e. The number of nitrogens with one attached hydrogen (secondary N) is 2. The Hall–Kier alpha value is -2.41. The molecule has 1 aromatic carbocycles. The van der Waals surface area contributed by atoms with Crippen molar-refractivity contribution in [2.24, 2.45) is 0 Å². The maximum atomic E-state index is 12.0. The molecule has 1 aliphatic heterocycles. The Bertz CT molecular complexity index is 690. The van der Waals surface area contributed by atoms with Gasteiger partial charge < -0.3 is 9.64 Å². The lowest BCUT2D eigenvalue weighted by molar-refractivity contribution is -0.123. The monoisotopic (exact) mass is 361 g/mol. The predicted octanol–water partition coefficient (Wildman–Crippen LogP) is 2.24. The van der Waals surface area contributed by atoms with Crippen molar-refractivity contribution in [3.05, 3.63) is 29.3 Å². The molecule has 1 heterocycles. The van der Waals surface area contributed by atoms with Crippen molar-refractivity contribution in [3.63, 3.8) is 0 Å². The van der Waals surface area contributed by atoms with E-state index in [0.717, 1.165) is 25.2 Å². The average Bonchev–Trinajstić information content (AvgIpc) is 2.58. The van der Waals surface area contributed by atoms with E-state index in [1.807, 2.05) is 25.1 Å². The van der Waals surface area contributed by atoms with Crippen LogP contribution in [0.2, 0.25) is 0 Å². The van der Waals surface area contributed by atoms with Gasteiger partial charge in [-0.15, -0.1) is 0 Å². The molecule has 1 aliphatic rings. The highest BCUT2D eigenvalue weighted by atomic mass is 32.1. The maximum Gasteiger partial charge on any atom is 0.263 e. The first-order valence-electron chi connectivity index (χ1n) is 8.40. The minimum atomic E-state index is -0.511. The summed E-state index contributed by atoms with van der Waals surface area (Å²) in [5, 5.41) is 4.89. The van der Waals surface area contributed by atoms with Gasteiger partial charge in [0, 0.05) is 30.4 Å². The van der Waals surface area contributed by atoms with Crippen LogP contribution in [0.25, 0.3) is 6.08 Å². The number of nitrogens with zero attached hydrogens (tertiary/aromatic N) is 1. The fourth-order valence-electron chi connectivity index (χ4n) is 2.53. The molecule has 0 unspecified atom stereocenters. The summed E-state index contributed by atoms with van der Waals surface area (Å²) in [6.07, 6.45) is 2.39. The minimum Gasteiger partial charge on any atom is -0.493 e. The minimum absolute atomic E-state index is 0.00513. The van der Waals surface area contributed by atoms with Gasteiger partial charge in [-0.2, -0.15) is 0 Å². The third kappa shape index (κ3) is 4.57. The summed E-state index contributed by atoms with van der Waals surface area (Å²) in [5.74, 6) is -0.376. The summed E-state index contributed by atoms with van der Waals surface area (Å²) < 4.78 is 5.84. The predicted molar refractivity (Wildman–Crippen MR) is 103 cm³/mol. The third-order valence-corrected chi connectivity index (χ3v) is 4.03. The molecule has 0 radical (unpaired) electrons. The van der Waals surface area contributed by atoms with Gasteiger partial charge in [0.25, 0.3) is 11.8 Å². The second-order valence-electron chi connectivity index (χ2n) is 5.54. The molecule has 0 aromatic heterocycles. The van der Waals surface area contributed by atoms with Gasteiger partial charge in [-0.3, -0.25) is 20.2 Å². The van der Waals surface area contributed by atoms with Crippen LogP contribution in [0.1, 0.15) is 32.8 Å². The van der Waals surface area contributed by atoms with Crippen molar-refractivity contribution in [3.8, 4) is 5.75 Å². The molecule has 1 aromatic rings. The molecule has 2 rings (SSSR count). The molecule has 0 aliphatic carbocycles. The van der Waals surface area contributed by atoms with Gasteiger partial charge in [-0.25, -0.2) is 0 Å². The number of amides is 2. The second kappa shape index (κ2) is 8.62. The summed E-state index contributed by atoms with van der Waals surface area (Å²) in [4.78, 5) is 26.3. The zero-order valence-electron chi connectivity index (χ0n) is 14.7. The van der Waals surface area contributed by atoms with Crippen LogP contribution in [0.5, 0.6) is 5.75 Å². The standard InChI is InChI=1S/C18H23N3O3S/c1-4-9-24-15-11-13(21(5-2)6-3)8-7-12(15)10-14-16(22)19-18(25)20-17(14)23/h7-8,10-11H,4-6,9H2,1-3H3,(H2,19,20,22,23,25). The molecule has 25 heavy (non-hydrogen) atoms. The van der Waals surface area contributed by atoms with Crippen LogP contribution < -0.4 is 20.3 Å². The fraction of sp³-hybridized carbons (Fsp3) is 0.389. The highest BCUT2D eigenvalue weighted by Crippen LogP contribution is 2.28. The number of carbonyl (C=O) groups is 2. The summed E-state index contributed by atoms with van der Waals surface area (Å²) >= 11 is 4.81. The number of anilines is 1. The van der Waals surface area contributed by atoms with Gasteiger partial charge in [-0.05, 0) is 50.7 Å². The molecule has 2 N–H and O–H groups in total. The van der Waals surface area contributed by atoms with Crippen molar-refractivity contribution in [2.75, 3.05) is 24.6 Å². The van der Waals surface area contributed by atoms with E-state index < -0.39 is 11.8 Å². The summed E-state index contributed by atoms with van der Waals surface area (Å²) in [7, 11) is 0. The Kier molecular flexibility index (Phi) is 6.52. The number of benzene rings is 1. The van der Waals surface area contributed by atoms with E-state index in [2.05, 4.69) is 29.4 Å². The summed E-state index contributed by atoms with van der Waals surface area (Å²) in [6.45, 7) is 8.52. The van der Waals surface area contributed by atoms with Gasteiger partial charge in [0.2, 0.25) is 0 Å². The van der Waals surface area contributed by atoms with Crippen LogP contribution in [0.3, 0.4) is 0 Å². The number of ether oxygens (including phenoxy) is 1. The van der Waals surface area contributed by atoms with Crippen molar-refractivity contribution in [2.45, 2.75) is 27.2 Å². The molecule has 1 saturated heterocycles. The van der Waals surface area contributed by atoms with E-state index in [1.54, 1.807) is 0 Å². The number of thiocarbonyl (C=S) groups is 1.